The highest BCUT2D eigenvalue weighted by Crippen LogP contribution is 2.40. The maximum absolute atomic E-state index is 12.7. The lowest BCUT2D eigenvalue weighted by Crippen LogP contribution is -2.32. The molecule has 0 saturated carbocycles. The highest BCUT2D eigenvalue weighted by atomic mass is 32.1. The molecule has 0 aliphatic carbocycles. The highest BCUT2D eigenvalue weighted by Gasteiger charge is 2.41. The number of carbonyl (C=O) groups excluding carboxylic acids is 1. The Morgan fingerprint density at radius 3 is 2.62 bits per heavy atom. The van der Waals surface area contributed by atoms with Crippen molar-refractivity contribution in [3.63, 3.8) is 0 Å². The van der Waals surface area contributed by atoms with Crippen LogP contribution < -0.4 is 10.6 Å². The topological polar surface area (TPSA) is 62.2 Å². The van der Waals surface area contributed by atoms with E-state index in [1.807, 2.05) is 49.4 Å². The number of thiocarbonyl (C=S) groups is 1. The molecule has 2 atom stereocenters. The van der Waals surface area contributed by atoms with E-state index in [1.54, 1.807) is 6.20 Å². The van der Waals surface area contributed by atoms with Crippen molar-refractivity contribution < 1.29 is 4.79 Å². The van der Waals surface area contributed by atoms with Crippen LogP contribution in [0.2, 0.25) is 0 Å². The number of aryl methyl sites for hydroxylation is 2. The number of benzene rings is 1. The van der Waals surface area contributed by atoms with Crippen LogP contribution in [0.25, 0.3) is 0 Å². The van der Waals surface area contributed by atoms with Crippen molar-refractivity contribution in [2.45, 2.75) is 39.3 Å². The molecule has 3 aromatic rings. The maximum atomic E-state index is 12.7. The summed E-state index contributed by atoms with van der Waals surface area (Å²) in [4.78, 5) is 19.4. The molecule has 1 amide bonds. The molecule has 6 nitrogen and oxygen atoms in total. The number of amides is 1. The summed E-state index contributed by atoms with van der Waals surface area (Å²) in [6.45, 7) is 6.76. The normalized spacial score (nSPS) is 18.0. The molecule has 0 radical (unpaired) electrons. The van der Waals surface area contributed by atoms with Gasteiger partial charge >= 0.3 is 0 Å². The number of carbonyl (C=O) groups is 1. The second-order valence-electron chi connectivity index (χ2n) is 8.37. The van der Waals surface area contributed by atoms with Gasteiger partial charge in [-0.05, 0) is 74.4 Å². The van der Waals surface area contributed by atoms with Gasteiger partial charge in [0, 0.05) is 43.3 Å². The lowest BCUT2D eigenvalue weighted by atomic mass is 9.96. The zero-order chi connectivity index (χ0) is 22.8. The number of nitrogens with zero attached hydrogens (tertiary/aromatic N) is 3. The van der Waals surface area contributed by atoms with Crippen molar-refractivity contribution in [3.05, 3.63) is 82.9 Å². The predicted octanol–water partition coefficient (Wildman–Crippen LogP) is 4.35. The number of hydrogen-bond donors (Lipinski definition) is 2. The summed E-state index contributed by atoms with van der Waals surface area (Å²) >= 11 is 5.72. The first kappa shape index (κ1) is 22.0. The van der Waals surface area contributed by atoms with E-state index < -0.39 is 0 Å². The molecule has 3 heterocycles. The van der Waals surface area contributed by atoms with Gasteiger partial charge in [-0.3, -0.25) is 9.78 Å². The minimum Gasteiger partial charge on any atom is -0.352 e. The lowest BCUT2D eigenvalue weighted by molar-refractivity contribution is -0.116. The molecule has 4 rings (SSSR count). The van der Waals surface area contributed by atoms with E-state index in [0.717, 1.165) is 16.9 Å². The summed E-state index contributed by atoms with van der Waals surface area (Å²) in [5.74, 6) is -0.0283. The van der Waals surface area contributed by atoms with Gasteiger partial charge in [0.1, 0.15) is 0 Å². The van der Waals surface area contributed by atoms with E-state index in [2.05, 4.69) is 52.0 Å². The van der Waals surface area contributed by atoms with Gasteiger partial charge in [0.15, 0.2) is 5.11 Å². The molecule has 1 aliphatic heterocycles. The Hall–Kier alpha value is -3.19. The SMILES string of the molecule is Cc1cccc(NC(=O)CCN2C(=S)N[C@@H](c3ccccn3)[C@@H]2c2cc(C)n(C)c2C)c1. The van der Waals surface area contributed by atoms with Gasteiger partial charge in [0.2, 0.25) is 5.91 Å². The van der Waals surface area contributed by atoms with Gasteiger partial charge in [-0.25, -0.2) is 0 Å². The van der Waals surface area contributed by atoms with Crippen LogP contribution >= 0.6 is 12.2 Å². The largest absolute Gasteiger partial charge is 0.352 e. The van der Waals surface area contributed by atoms with E-state index in [4.69, 9.17) is 12.2 Å². The van der Waals surface area contributed by atoms with Gasteiger partial charge in [-0.1, -0.05) is 18.2 Å². The van der Waals surface area contributed by atoms with Crippen LogP contribution in [-0.4, -0.2) is 32.0 Å². The minimum atomic E-state index is -0.0796. The van der Waals surface area contributed by atoms with E-state index in [9.17, 15) is 4.79 Å². The number of rotatable bonds is 6. The van der Waals surface area contributed by atoms with E-state index in [0.29, 0.717) is 18.1 Å². The Labute approximate surface area is 194 Å². The Morgan fingerprint density at radius 2 is 1.97 bits per heavy atom. The number of pyridine rings is 1. The van der Waals surface area contributed by atoms with Crippen LogP contribution in [0, 0.1) is 20.8 Å². The van der Waals surface area contributed by atoms with Crippen LogP contribution in [-0.2, 0) is 11.8 Å². The van der Waals surface area contributed by atoms with Gasteiger partial charge in [0.25, 0.3) is 0 Å². The summed E-state index contributed by atoms with van der Waals surface area (Å²) in [6, 6.07) is 15.8. The third-order valence-electron chi connectivity index (χ3n) is 6.21. The molecule has 0 spiro atoms. The smallest absolute Gasteiger partial charge is 0.226 e. The van der Waals surface area contributed by atoms with Gasteiger partial charge in [0.05, 0.1) is 17.8 Å². The summed E-state index contributed by atoms with van der Waals surface area (Å²) in [5, 5.41) is 7.11. The number of anilines is 1. The van der Waals surface area contributed by atoms with Crippen LogP contribution in [0.5, 0.6) is 0 Å². The Bertz CT molecular complexity index is 1140. The average Bonchev–Trinajstić information content (AvgIpc) is 3.23. The molecule has 32 heavy (non-hydrogen) atoms. The first-order valence-corrected chi connectivity index (χ1v) is 11.2. The molecule has 1 aliphatic rings. The minimum absolute atomic E-state index is 0.0283. The van der Waals surface area contributed by atoms with Crippen molar-refractivity contribution in [2.24, 2.45) is 7.05 Å². The molecular formula is C25H29N5OS. The first-order chi connectivity index (χ1) is 15.3. The van der Waals surface area contributed by atoms with Crippen molar-refractivity contribution in [2.75, 3.05) is 11.9 Å². The van der Waals surface area contributed by atoms with Gasteiger partial charge < -0.3 is 20.1 Å². The fourth-order valence-electron chi connectivity index (χ4n) is 4.34. The third-order valence-corrected chi connectivity index (χ3v) is 6.56. The zero-order valence-corrected chi connectivity index (χ0v) is 19.7. The molecule has 1 aromatic carbocycles. The van der Waals surface area contributed by atoms with Gasteiger partial charge in [-0.15, -0.1) is 0 Å². The molecule has 166 valence electrons. The van der Waals surface area contributed by atoms with Crippen LogP contribution in [0.3, 0.4) is 0 Å². The molecule has 0 unspecified atom stereocenters. The van der Waals surface area contributed by atoms with Gasteiger partial charge in [-0.2, -0.15) is 0 Å². The first-order valence-electron chi connectivity index (χ1n) is 10.8. The quantitative estimate of drug-likeness (QED) is 0.550. The van der Waals surface area contributed by atoms with E-state index in [-0.39, 0.29) is 18.0 Å². The fourth-order valence-corrected chi connectivity index (χ4v) is 4.67. The number of nitrogens with one attached hydrogen (secondary N) is 2. The zero-order valence-electron chi connectivity index (χ0n) is 18.9. The molecule has 1 fully saturated rings. The molecule has 0 bridgehead atoms. The molecule has 2 N–H and O–H groups in total. The van der Waals surface area contributed by atoms with Crippen molar-refractivity contribution in [3.8, 4) is 0 Å². The second-order valence-corrected chi connectivity index (χ2v) is 8.76. The summed E-state index contributed by atoms with van der Waals surface area (Å²) in [7, 11) is 2.07. The monoisotopic (exact) mass is 447 g/mol. The Kier molecular flexibility index (Phi) is 6.28. The Balaban J connectivity index is 1.58. The summed E-state index contributed by atoms with van der Waals surface area (Å²) < 4.78 is 2.19. The highest BCUT2D eigenvalue weighted by molar-refractivity contribution is 7.80. The van der Waals surface area contributed by atoms with Crippen molar-refractivity contribution in [1.82, 2.24) is 19.8 Å². The fraction of sp³-hybridized carbons (Fsp3) is 0.320. The predicted molar refractivity (Wildman–Crippen MR) is 131 cm³/mol. The molecule has 7 heteroatoms. The maximum Gasteiger partial charge on any atom is 0.226 e. The van der Waals surface area contributed by atoms with Crippen LogP contribution in [0.15, 0.2) is 54.7 Å². The molecular weight excluding hydrogens is 418 g/mol. The lowest BCUT2D eigenvalue weighted by Gasteiger charge is -2.28. The van der Waals surface area contributed by atoms with E-state index in [1.165, 1.54) is 17.0 Å². The molecule has 2 aromatic heterocycles. The second kappa shape index (κ2) is 9.12. The summed E-state index contributed by atoms with van der Waals surface area (Å²) in [6.07, 6.45) is 2.14. The number of aromatic nitrogens is 2. The molecule has 1 saturated heterocycles. The standard InChI is InChI=1S/C25H29N5OS/c1-16-8-7-9-19(14-16)27-22(31)11-13-30-24(20-15-17(2)29(4)18(20)3)23(28-25(30)32)21-10-5-6-12-26-21/h5-10,12,14-15,23-24H,11,13H2,1-4H3,(H,27,31)(H,28,32)/t23-,24-/m0/s1. The summed E-state index contributed by atoms with van der Waals surface area (Å²) in [5.41, 5.74) is 6.44. The van der Waals surface area contributed by atoms with Crippen molar-refractivity contribution in [1.29, 1.82) is 0 Å². The Morgan fingerprint density at radius 1 is 1.16 bits per heavy atom. The van der Waals surface area contributed by atoms with Crippen molar-refractivity contribution >= 4 is 28.9 Å². The third kappa shape index (κ3) is 4.39. The van der Waals surface area contributed by atoms with E-state index >= 15 is 0 Å². The average molecular weight is 448 g/mol. The van der Waals surface area contributed by atoms with Crippen LogP contribution in [0.1, 0.15) is 46.7 Å². The van der Waals surface area contributed by atoms with Crippen LogP contribution in [0.4, 0.5) is 5.69 Å². The number of hydrogen-bond acceptors (Lipinski definition) is 3.